The molecule has 0 saturated heterocycles. The Balaban J connectivity index is 2.39. The lowest BCUT2D eigenvalue weighted by molar-refractivity contribution is -0.137. The van der Waals surface area contributed by atoms with Crippen LogP contribution in [0.15, 0.2) is 35.3 Å². The minimum absolute atomic E-state index is 0.0961. The van der Waals surface area contributed by atoms with E-state index in [4.69, 9.17) is 23.8 Å². The summed E-state index contributed by atoms with van der Waals surface area (Å²) in [5, 5.41) is 2.04. The summed E-state index contributed by atoms with van der Waals surface area (Å²) < 4.78 is 68.4. The molecule has 0 bridgehead atoms. The fraction of sp³-hybridized carbons (Fsp3) is 0.176. The first kappa shape index (κ1) is 18.7. The molecular formula is C17H10ClF5N2S. The van der Waals surface area contributed by atoms with Crippen LogP contribution in [0.3, 0.4) is 0 Å². The molecule has 9 heteroatoms. The Labute approximate surface area is 155 Å². The maximum absolute atomic E-state index is 14.3. The number of benzodiazepines with no additional fused rings is 1. The summed E-state index contributed by atoms with van der Waals surface area (Å²) in [4.78, 5) is 4.34. The van der Waals surface area contributed by atoms with Crippen molar-refractivity contribution in [3.05, 3.63) is 63.7 Å². The van der Waals surface area contributed by atoms with Crippen molar-refractivity contribution in [1.29, 1.82) is 0 Å². The summed E-state index contributed by atoms with van der Waals surface area (Å²) in [5.41, 5.74) is -2.18. The van der Waals surface area contributed by atoms with Crippen LogP contribution in [0.2, 0.25) is 5.02 Å². The molecule has 26 heavy (non-hydrogen) atoms. The Bertz CT molecular complexity index is 919. The number of thiocarbonyl (C=S) groups is 1. The monoisotopic (exact) mass is 404 g/mol. The number of benzene rings is 2. The third-order valence-corrected chi connectivity index (χ3v) is 4.68. The summed E-state index contributed by atoms with van der Waals surface area (Å²) >= 11 is 11.1. The average Bonchev–Trinajstić information content (AvgIpc) is 2.64. The highest BCUT2D eigenvalue weighted by molar-refractivity contribution is 7.80. The van der Waals surface area contributed by atoms with E-state index in [1.165, 1.54) is 0 Å². The van der Waals surface area contributed by atoms with Gasteiger partial charge in [-0.05, 0) is 31.2 Å². The largest absolute Gasteiger partial charge is 0.417 e. The van der Waals surface area contributed by atoms with Crippen molar-refractivity contribution in [2.45, 2.75) is 19.1 Å². The molecule has 1 N–H and O–H groups in total. The zero-order valence-corrected chi connectivity index (χ0v) is 14.7. The normalized spacial score (nSPS) is 17.3. The van der Waals surface area contributed by atoms with Crippen molar-refractivity contribution in [2.75, 3.05) is 5.32 Å². The Kier molecular flexibility index (Phi) is 4.74. The molecule has 0 aromatic heterocycles. The summed E-state index contributed by atoms with van der Waals surface area (Å²) in [7, 11) is 0. The van der Waals surface area contributed by atoms with Gasteiger partial charge >= 0.3 is 6.18 Å². The van der Waals surface area contributed by atoms with E-state index in [-0.39, 0.29) is 22.0 Å². The van der Waals surface area contributed by atoms with Gasteiger partial charge in [0.1, 0.15) is 16.6 Å². The molecule has 0 saturated carbocycles. The first-order valence-corrected chi connectivity index (χ1v) is 8.13. The Morgan fingerprint density at radius 2 is 1.69 bits per heavy atom. The first-order chi connectivity index (χ1) is 12.1. The highest BCUT2D eigenvalue weighted by Crippen LogP contribution is 2.41. The van der Waals surface area contributed by atoms with Gasteiger partial charge in [0, 0.05) is 11.3 Å². The Morgan fingerprint density at radius 1 is 1.08 bits per heavy atom. The fourth-order valence-electron chi connectivity index (χ4n) is 2.60. The van der Waals surface area contributed by atoms with Crippen LogP contribution in [-0.4, -0.2) is 16.7 Å². The van der Waals surface area contributed by atoms with Crippen molar-refractivity contribution in [3.8, 4) is 0 Å². The molecule has 1 unspecified atom stereocenters. The second-order valence-electron chi connectivity index (χ2n) is 5.59. The van der Waals surface area contributed by atoms with Crippen molar-refractivity contribution in [1.82, 2.24) is 0 Å². The number of fused-ring (bicyclic) bond motifs is 1. The first-order valence-electron chi connectivity index (χ1n) is 7.34. The molecule has 1 aliphatic rings. The van der Waals surface area contributed by atoms with Gasteiger partial charge in [-0.3, -0.25) is 4.99 Å². The number of hydrogen-bond donors (Lipinski definition) is 1. The number of halogens is 6. The summed E-state index contributed by atoms with van der Waals surface area (Å²) in [6.45, 7) is 1.55. The second kappa shape index (κ2) is 6.59. The van der Waals surface area contributed by atoms with E-state index in [2.05, 4.69) is 10.3 Å². The van der Waals surface area contributed by atoms with E-state index in [9.17, 15) is 22.0 Å². The Hall–Kier alpha value is -2.06. The lowest BCUT2D eigenvalue weighted by atomic mass is 9.97. The van der Waals surface area contributed by atoms with Gasteiger partial charge in [0.15, 0.2) is 0 Å². The molecule has 0 spiro atoms. The standard InChI is InChI=1S/C17H10ClF5N2S/c1-7-16(26)25-11-6-5-8(17(21,22)23)14(18)13(11)15(24-7)12-9(19)3-2-4-10(12)20/h2-7H,1H3,(H,25,26). The molecule has 1 aliphatic heterocycles. The molecular weight excluding hydrogens is 395 g/mol. The number of nitrogens with zero attached hydrogens (tertiary/aromatic N) is 1. The number of rotatable bonds is 1. The van der Waals surface area contributed by atoms with Crippen LogP contribution in [0.25, 0.3) is 0 Å². The van der Waals surface area contributed by atoms with Gasteiger partial charge < -0.3 is 5.32 Å². The zero-order valence-electron chi connectivity index (χ0n) is 13.1. The molecule has 1 heterocycles. The summed E-state index contributed by atoms with van der Waals surface area (Å²) in [6, 6.07) is 4.29. The third kappa shape index (κ3) is 3.19. The van der Waals surface area contributed by atoms with Crippen LogP contribution < -0.4 is 5.32 Å². The third-order valence-electron chi connectivity index (χ3n) is 3.84. The van der Waals surface area contributed by atoms with Crippen LogP contribution in [0, 0.1) is 11.6 Å². The number of hydrogen-bond acceptors (Lipinski definition) is 2. The van der Waals surface area contributed by atoms with E-state index in [0.717, 1.165) is 30.3 Å². The number of anilines is 1. The van der Waals surface area contributed by atoms with Crippen molar-refractivity contribution in [3.63, 3.8) is 0 Å². The van der Waals surface area contributed by atoms with Gasteiger partial charge in [0.05, 0.1) is 27.9 Å². The van der Waals surface area contributed by atoms with E-state index in [1.807, 2.05) is 0 Å². The van der Waals surface area contributed by atoms with Crippen LogP contribution in [-0.2, 0) is 6.18 Å². The highest BCUT2D eigenvalue weighted by Gasteiger charge is 2.37. The molecule has 3 rings (SSSR count). The van der Waals surface area contributed by atoms with Gasteiger partial charge in [0.25, 0.3) is 0 Å². The molecule has 0 amide bonds. The van der Waals surface area contributed by atoms with E-state index in [1.54, 1.807) is 6.92 Å². The predicted molar refractivity (Wildman–Crippen MR) is 94.1 cm³/mol. The SMILES string of the molecule is CC1N=C(c2c(F)cccc2F)c2c(ccc(C(F)(F)F)c2Cl)NC1=S. The molecule has 2 aromatic rings. The minimum Gasteiger partial charge on any atom is -0.348 e. The van der Waals surface area contributed by atoms with Crippen molar-refractivity contribution in [2.24, 2.45) is 4.99 Å². The molecule has 2 nitrogen and oxygen atoms in total. The lowest BCUT2D eigenvalue weighted by Gasteiger charge is -2.17. The Morgan fingerprint density at radius 3 is 2.27 bits per heavy atom. The van der Waals surface area contributed by atoms with Crippen molar-refractivity contribution < 1.29 is 22.0 Å². The van der Waals surface area contributed by atoms with Crippen molar-refractivity contribution >= 4 is 40.2 Å². The fourth-order valence-corrected chi connectivity index (χ4v) is 3.12. The smallest absolute Gasteiger partial charge is 0.348 e. The number of aliphatic imine (C=N–C) groups is 1. The van der Waals surface area contributed by atoms with Gasteiger partial charge in [-0.15, -0.1) is 0 Å². The lowest BCUT2D eigenvalue weighted by Crippen LogP contribution is -2.20. The maximum Gasteiger partial charge on any atom is 0.417 e. The molecule has 136 valence electrons. The second-order valence-corrected chi connectivity index (χ2v) is 6.40. The molecule has 0 radical (unpaired) electrons. The van der Waals surface area contributed by atoms with E-state index < -0.39 is 40.0 Å². The van der Waals surface area contributed by atoms with Gasteiger partial charge in [-0.1, -0.05) is 29.9 Å². The predicted octanol–water partition coefficient (Wildman–Crippen LogP) is 5.62. The highest BCUT2D eigenvalue weighted by atomic mass is 35.5. The zero-order chi connectivity index (χ0) is 19.2. The quantitative estimate of drug-likeness (QED) is 0.493. The van der Waals surface area contributed by atoms with Crippen LogP contribution in [0.1, 0.15) is 23.6 Å². The topological polar surface area (TPSA) is 24.4 Å². The van der Waals surface area contributed by atoms with Gasteiger partial charge in [-0.25, -0.2) is 8.78 Å². The van der Waals surface area contributed by atoms with E-state index in [0.29, 0.717) is 0 Å². The van der Waals surface area contributed by atoms with E-state index >= 15 is 0 Å². The van der Waals surface area contributed by atoms with Gasteiger partial charge in [0.2, 0.25) is 0 Å². The molecule has 0 aliphatic carbocycles. The maximum atomic E-state index is 14.3. The molecule has 1 atom stereocenters. The minimum atomic E-state index is -4.75. The van der Waals surface area contributed by atoms with Crippen LogP contribution >= 0.6 is 23.8 Å². The summed E-state index contributed by atoms with van der Waals surface area (Å²) in [5.74, 6) is -1.94. The molecule has 0 fully saturated rings. The number of nitrogens with one attached hydrogen (secondary N) is 1. The van der Waals surface area contributed by atoms with Gasteiger partial charge in [-0.2, -0.15) is 13.2 Å². The average molecular weight is 405 g/mol. The van der Waals surface area contributed by atoms with Crippen LogP contribution in [0.5, 0.6) is 0 Å². The number of alkyl halides is 3. The molecule has 2 aromatic carbocycles. The summed E-state index contributed by atoms with van der Waals surface area (Å²) in [6.07, 6.45) is -4.75. The van der Waals surface area contributed by atoms with Crippen LogP contribution in [0.4, 0.5) is 27.6 Å².